The van der Waals surface area contributed by atoms with Gasteiger partial charge in [-0.1, -0.05) is 30.3 Å². The molecule has 0 aliphatic carbocycles. The molecule has 7 heteroatoms. The molecule has 2 heterocycles. The van der Waals surface area contributed by atoms with Gasteiger partial charge in [-0.25, -0.2) is 0 Å². The van der Waals surface area contributed by atoms with Crippen LogP contribution in [-0.4, -0.2) is 72.2 Å². The fourth-order valence-corrected chi connectivity index (χ4v) is 3.36. The average molecular weight is 373 g/mol. The Hall–Kier alpha value is -2.64. The molecule has 7 nitrogen and oxygen atoms in total. The van der Waals surface area contributed by atoms with Crippen LogP contribution in [-0.2, 0) is 9.53 Å². The molecule has 1 aromatic heterocycles. The number of nitrogens with zero attached hydrogens (tertiary/aromatic N) is 2. The van der Waals surface area contributed by atoms with Crippen molar-refractivity contribution in [2.24, 2.45) is 0 Å². The Balaban J connectivity index is 0.000000817. The maximum absolute atomic E-state index is 13.1. The first-order valence-electron chi connectivity index (χ1n) is 8.83. The van der Waals surface area contributed by atoms with E-state index in [0.29, 0.717) is 13.2 Å². The van der Waals surface area contributed by atoms with Crippen LogP contribution in [0.2, 0.25) is 0 Å². The first-order valence-corrected chi connectivity index (χ1v) is 8.83. The summed E-state index contributed by atoms with van der Waals surface area (Å²) in [5.74, 6) is 0.0645. The number of H-pyrrole nitrogens is 1. The lowest BCUT2D eigenvalue weighted by atomic mass is 9.96. The number of carbonyl (C=O) groups excluding carboxylic acids is 1. The van der Waals surface area contributed by atoms with Crippen molar-refractivity contribution >= 4 is 12.4 Å². The molecule has 1 fully saturated rings. The third kappa shape index (κ3) is 5.18. The monoisotopic (exact) mass is 373 g/mol. The minimum absolute atomic E-state index is 0.0423. The number of ether oxygens (including phenoxy) is 1. The van der Waals surface area contributed by atoms with Gasteiger partial charge in [-0.2, -0.15) is 0 Å². The van der Waals surface area contributed by atoms with E-state index in [1.54, 1.807) is 0 Å². The van der Waals surface area contributed by atoms with E-state index in [2.05, 4.69) is 22.0 Å². The van der Waals surface area contributed by atoms with Crippen LogP contribution in [0.3, 0.4) is 0 Å². The molecule has 1 aliphatic rings. The van der Waals surface area contributed by atoms with Crippen LogP contribution in [0.4, 0.5) is 0 Å². The third-order valence-corrected chi connectivity index (χ3v) is 4.48. The van der Waals surface area contributed by atoms with Crippen LogP contribution in [0.5, 0.6) is 0 Å². The van der Waals surface area contributed by atoms with Crippen molar-refractivity contribution in [3.05, 3.63) is 59.4 Å². The Morgan fingerprint density at radius 3 is 2.56 bits per heavy atom. The number of likely N-dealkylation sites (N-methyl/N-ethyl adjacent to an activating group) is 1. The van der Waals surface area contributed by atoms with E-state index >= 15 is 0 Å². The Morgan fingerprint density at radius 2 is 2.00 bits per heavy atom. The second-order valence-electron chi connectivity index (χ2n) is 6.65. The molecule has 0 radical (unpaired) electrons. The lowest BCUT2D eigenvalue weighted by Crippen LogP contribution is -2.51. The summed E-state index contributed by atoms with van der Waals surface area (Å²) in [5, 5.41) is 6.89. The molecule has 146 valence electrons. The number of aromatic amines is 1. The van der Waals surface area contributed by atoms with Gasteiger partial charge in [0, 0.05) is 25.0 Å². The van der Waals surface area contributed by atoms with E-state index in [4.69, 9.17) is 14.6 Å². The van der Waals surface area contributed by atoms with Gasteiger partial charge in [0.2, 0.25) is 0 Å². The van der Waals surface area contributed by atoms with Gasteiger partial charge >= 0.3 is 0 Å². The van der Waals surface area contributed by atoms with Crippen molar-refractivity contribution in [3.8, 4) is 0 Å². The fourth-order valence-electron chi connectivity index (χ4n) is 3.36. The molecule has 0 spiro atoms. The van der Waals surface area contributed by atoms with Gasteiger partial charge in [-0.3, -0.25) is 9.59 Å². The van der Waals surface area contributed by atoms with Crippen LogP contribution in [0, 0.1) is 6.92 Å². The van der Waals surface area contributed by atoms with E-state index in [9.17, 15) is 4.79 Å². The van der Waals surface area contributed by atoms with Gasteiger partial charge < -0.3 is 24.6 Å². The second-order valence-corrected chi connectivity index (χ2v) is 6.65. The summed E-state index contributed by atoms with van der Waals surface area (Å²) >= 11 is 0. The Labute approximate surface area is 159 Å². The van der Waals surface area contributed by atoms with Crippen LogP contribution in [0.1, 0.15) is 27.7 Å². The first-order chi connectivity index (χ1) is 13.0. The average Bonchev–Trinajstić information content (AvgIpc) is 3.08. The number of carboxylic acid groups (broad SMARTS) is 1. The predicted molar refractivity (Wildman–Crippen MR) is 103 cm³/mol. The number of hydrogen-bond acceptors (Lipinski definition) is 4. The van der Waals surface area contributed by atoms with Crippen LogP contribution < -0.4 is 0 Å². The molecule has 3 rings (SSSR count). The van der Waals surface area contributed by atoms with Crippen molar-refractivity contribution in [2.75, 3.05) is 33.8 Å². The SMILES string of the molecule is Cc1[nH]ccc1C(=O)N1CCO[C@@H](CN(C)C)[C@@H]1c1ccccc1.O=CO. The molecule has 1 aromatic carbocycles. The lowest BCUT2D eigenvalue weighted by molar-refractivity contribution is -0.122. The number of carbonyl (C=O) groups is 2. The standard InChI is InChI=1S/C19H25N3O2.CH2O2/c1-14-16(9-10-20-14)19(23)22-11-12-24-17(13-21(2)3)18(22)15-7-5-4-6-8-15;2-1-3/h4-10,17-18,20H,11-13H2,1-3H3;1H,(H,2,3)/t17-,18-;/m0./s1. The molecule has 1 aliphatic heterocycles. The zero-order valence-corrected chi connectivity index (χ0v) is 16.0. The van der Waals surface area contributed by atoms with Crippen molar-refractivity contribution < 1.29 is 19.4 Å². The van der Waals surface area contributed by atoms with Gasteiger partial charge in [-0.05, 0) is 32.6 Å². The van der Waals surface area contributed by atoms with E-state index in [0.717, 1.165) is 23.4 Å². The predicted octanol–water partition coefficient (Wildman–Crippen LogP) is 2.17. The zero-order chi connectivity index (χ0) is 19.8. The molecule has 0 unspecified atom stereocenters. The number of amides is 1. The van der Waals surface area contributed by atoms with Crippen molar-refractivity contribution in [1.29, 1.82) is 0 Å². The first kappa shape index (κ1) is 20.7. The largest absolute Gasteiger partial charge is 0.483 e. The normalized spacial score (nSPS) is 19.3. The van der Waals surface area contributed by atoms with Gasteiger partial charge in [-0.15, -0.1) is 0 Å². The molecule has 1 amide bonds. The summed E-state index contributed by atoms with van der Waals surface area (Å²) in [6.45, 7) is 3.63. The van der Waals surface area contributed by atoms with Crippen LogP contribution >= 0.6 is 0 Å². The molecule has 27 heavy (non-hydrogen) atoms. The summed E-state index contributed by atoms with van der Waals surface area (Å²) in [6.07, 6.45) is 1.78. The Bertz CT molecular complexity index is 730. The molecular weight excluding hydrogens is 346 g/mol. The van der Waals surface area contributed by atoms with E-state index in [1.165, 1.54) is 0 Å². The van der Waals surface area contributed by atoms with E-state index < -0.39 is 0 Å². The highest BCUT2D eigenvalue weighted by atomic mass is 16.5. The number of morpholine rings is 1. The highest BCUT2D eigenvalue weighted by Gasteiger charge is 2.37. The minimum Gasteiger partial charge on any atom is -0.483 e. The summed E-state index contributed by atoms with van der Waals surface area (Å²) in [5.41, 5.74) is 2.76. The molecular formula is C20H27N3O4. The van der Waals surface area contributed by atoms with Crippen molar-refractivity contribution in [3.63, 3.8) is 0 Å². The molecule has 2 N–H and O–H groups in total. The number of aryl methyl sites for hydroxylation is 1. The highest BCUT2D eigenvalue weighted by molar-refractivity contribution is 5.95. The quantitative estimate of drug-likeness (QED) is 0.802. The molecule has 0 bridgehead atoms. The summed E-state index contributed by atoms with van der Waals surface area (Å²) < 4.78 is 6.04. The summed E-state index contributed by atoms with van der Waals surface area (Å²) in [4.78, 5) is 28.7. The third-order valence-electron chi connectivity index (χ3n) is 4.48. The lowest BCUT2D eigenvalue weighted by Gasteiger charge is -2.42. The van der Waals surface area contributed by atoms with Gasteiger partial charge in [0.25, 0.3) is 12.4 Å². The zero-order valence-electron chi connectivity index (χ0n) is 16.0. The molecule has 1 saturated heterocycles. The maximum Gasteiger partial charge on any atom is 0.290 e. The van der Waals surface area contributed by atoms with Crippen molar-refractivity contribution in [1.82, 2.24) is 14.8 Å². The smallest absolute Gasteiger partial charge is 0.290 e. The van der Waals surface area contributed by atoms with Gasteiger partial charge in [0.05, 0.1) is 24.3 Å². The number of rotatable bonds is 4. The highest BCUT2D eigenvalue weighted by Crippen LogP contribution is 2.31. The van der Waals surface area contributed by atoms with Crippen LogP contribution in [0.25, 0.3) is 0 Å². The topological polar surface area (TPSA) is 85.9 Å². The van der Waals surface area contributed by atoms with Crippen LogP contribution in [0.15, 0.2) is 42.6 Å². The minimum atomic E-state index is -0.250. The van der Waals surface area contributed by atoms with E-state index in [1.807, 2.05) is 56.4 Å². The molecule has 2 aromatic rings. The summed E-state index contributed by atoms with van der Waals surface area (Å²) in [6, 6.07) is 12.0. The molecule has 0 saturated carbocycles. The number of benzene rings is 1. The molecule has 2 atom stereocenters. The van der Waals surface area contributed by atoms with Gasteiger partial charge in [0.1, 0.15) is 0 Å². The van der Waals surface area contributed by atoms with Crippen molar-refractivity contribution in [2.45, 2.75) is 19.1 Å². The maximum atomic E-state index is 13.1. The summed E-state index contributed by atoms with van der Waals surface area (Å²) in [7, 11) is 4.06. The number of nitrogens with one attached hydrogen (secondary N) is 1. The Morgan fingerprint density at radius 1 is 1.33 bits per heavy atom. The van der Waals surface area contributed by atoms with E-state index in [-0.39, 0.29) is 24.5 Å². The fraction of sp³-hybridized carbons (Fsp3) is 0.400. The number of aromatic nitrogens is 1. The van der Waals surface area contributed by atoms with Gasteiger partial charge in [0.15, 0.2) is 0 Å². The Kier molecular flexibility index (Phi) is 7.57. The number of hydrogen-bond donors (Lipinski definition) is 2. The second kappa shape index (κ2) is 9.89.